The lowest BCUT2D eigenvalue weighted by atomic mass is 10.1. The first kappa shape index (κ1) is 11.5. The Hall–Kier alpha value is -2.62. The van der Waals surface area contributed by atoms with Crippen molar-refractivity contribution < 1.29 is 9.59 Å². The third-order valence-corrected chi connectivity index (χ3v) is 3.31. The van der Waals surface area contributed by atoms with Gasteiger partial charge < -0.3 is 5.73 Å². The smallest absolute Gasteiger partial charge is 0.266 e. The molecular weight excluding hydrogens is 240 g/mol. The Morgan fingerprint density at radius 1 is 0.947 bits per heavy atom. The van der Waals surface area contributed by atoms with Crippen molar-refractivity contribution in [3.05, 3.63) is 59.2 Å². The van der Waals surface area contributed by atoms with Gasteiger partial charge in [0.25, 0.3) is 11.8 Å². The molecule has 2 aromatic rings. The molecule has 3 rings (SSSR count). The standard InChI is InChI=1S/C15H12N2O2/c1-9-8-10(6-7-13(9)16)17-14(18)11-4-2-3-5-12(11)15(17)19/h2-8H,16H2,1H3. The van der Waals surface area contributed by atoms with E-state index in [1.807, 2.05) is 6.92 Å². The summed E-state index contributed by atoms with van der Waals surface area (Å²) in [6.07, 6.45) is 0. The van der Waals surface area contributed by atoms with Gasteiger partial charge in [-0.15, -0.1) is 0 Å². The van der Waals surface area contributed by atoms with E-state index in [0.717, 1.165) is 5.56 Å². The number of hydrogen-bond donors (Lipinski definition) is 1. The Kier molecular flexibility index (Phi) is 2.38. The van der Waals surface area contributed by atoms with Gasteiger partial charge >= 0.3 is 0 Å². The molecule has 1 aliphatic rings. The van der Waals surface area contributed by atoms with E-state index in [9.17, 15) is 9.59 Å². The molecule has 0 aromatic heterocycles. The second-order valence-corrected chi connectivity index (χ2v) is 4.53. The lowest BCUT2D eigenvalue weighted by Gasteiger charge is -2.15. The average molecular weight is 252 g/mol. The van der Waals surface area contributed by atoms with Crippen LogP contribution in [0, 0.1) is 6.92 Å². The van der Waals surface area contributed by atoms with Crippen LogP contribution in [0.4, 0.5) is 11.4 Å². The second-order valence-electron chi connectivity index (χ2n) is 4.53. The van der Waals surface area contributed by atoms with Crippen LogP contribution in [-0.2, 0) is 0 Å². The maximum atomic E-state index is 12.3. The van der Waals surface area contributed by atoms with Gasteiger partial charge in [-0.2, -0.15) is 0 Å². The van der Waals surface area contributed by atoms with Crippen molar-refractivity contribution in [1.82, 2.24) is 0 Å². The van der Waals surface area contributed by atoms with Gasteiger partial charge in [-0.3, -0.25) is 9.59 Å². The van der Waals surface area contributed by atoms with Crippen LogP contribution < -0.4 is 10.6 Å². The predicted molar refractivity (Wildman–Crippen MR) is 73.2 cm³/mol. The highest BCUT2D eigenvalue weighted by Gasteiger charge is 2.36. The zero-order valence-corrected chi connectivity index (χ0v) is 10.4. The third-order valence-electron chi connectivity index (χ3n) is 3.31. The molecule has 2 amide bonds. The Bertz CT molecular complexity index is 672. The maximum Gasteiger partial charge on any atom is 0.266 e. The number of nitrogen functional groups attached to an aromatic ring is 1. The van der Waals surface area contributed by atoms with E-state index in [0.29, 0.717) is 22.5 Å². The van der Waals surface area contributed by atoms with Crippen LogP contribution in [0.25, 0.3) is 0 Å². The summed E-state index contributed by atoms with van der Waals surface area (Å²) in [6.45, 7) is 1.84. The number of carbonyl (C=O) groups is 2. The van der Waals surface area contributed by atoms with Crippen molar-refractivity contribution in [3.8, 4) is 0 Å². The topological polar surface area (TPSA) is 63.4 Å². The molecule has 0 fully saturated rings. The van der Waals surface area contributed by atoms with E-state index in [1.54, 1.807) is 42.5 Å². The second kappa shape index (κ2) is 3.95. The molecule has 4 heteroatoms. The molecule has 0 radical (unpaired) electrons. The van der Waals surface area contributed by atoms with Gasteiger partial charge in [-0.25, -0.2) is 4.90 Å². The zero-order chi connectivity index (χ0) is 13.6. The van der Waals surface area contributed by atoms with E-state index in [1.165, 1.54) is 4.90 Å². The number of fused-ring (bicyclic) bond motifs is 1. The number of nitrogens with two attached hydrogens (primary N) is 1. The minimum atomic E-state index is -0.287. The molecule has 0 atom stereocenters. The number of rotatable bonds is 1. The number of benzene rings is 2. The van der Waals surface area contributed by atoms with E-state index in [-0.39, 0.29) is 11.8 Å². The van der Waals surface area contributed by atoms with Crippen LogP contribution >= 0.6 is 0 Å². The van der Waals surface area contributed by atoms with E-state index >= 15 is 0 Å². The number of aryl methyl sites for hydroxylation is 1. The number of anilines is 2. The summed E-state index contributed by atoms with van der Waals surface area (Å²) in [5.74, 6) is -0.574. The van der Waals surface area contributed by atoms with Crippen molar-refractivity contribution in [2.24, 2.45) is 0 Å². The number of amides is 2. The molecule has 2 aromatic carbocycles. The molecule has 2 N–H and O–H groups in total. The fourth-order valence-electron chi connectivity index (χ4n) is 2.22. The highest BCUT2D eigenvalue weighted by atomic mass is 16.2. The highest BCUT2D eigenvalue weighted by molar-refractivity contribution is 6.34. The summed E-state index contributed by atoms with van der Waals surface area (Å²) in [5, 5.41) is 0. The van der Waals surface area contributed by atoms with Crippen molar-refractivity contribution in [2.45, 2.75) is 6.92 Å². The highest BCUT2D eigenvalue weighted by Crippen LogP contribution is 2.29. The van der Waals surface area contributed by atoms with Gasteiger partial charge in [0.2, 0.25) is 0 Å². The SMILES string of the molecule is Cc1cc(N2C(=O)c3ccccc3C2=O)ccc1N. The van der Waals surface area contributed by atoms with E-state index in [4.69, 9.17) is 5.73 Å². The third kappa shape index (κ3) is 1.61. The van der Waals surface area contributed by atoms with Crippen molar-refractivity contribution in [1.29, 1.82) is 0 Å². The first-order valence-corrected chi connectivity index (χ1v) is 5.93. The number of carbonyl (C=O) groups excluding carboxylic acids is 2. The predicted octanol–water partition coefficient (Wildman–Crippen LogP) is 2.38. The van der Waals surface area contributed by atoms with Crippen molar-refractivity contribution in [2.75, 3.05) is 10.6 Å². The van der Waals surface area contributed by atoms with Gasteiger partial charge in [0.05, 0.1) is 16.8 Å². The van der Waals surface area contributed by atoms with Crippen LogP contribution in [0.1, 0.15) is 26.3 Å². The van der Waals surface area contributed by atoms with Gasteiger partial charge in [-0.1, -0.05) is 12.1 Å². The van der Waals surface area contributed by atoms with Crippen LogP contribution in [0.15, 0.2) is 42.5 Å². The molecular formula is C15H12N2O2. The van der Waals surface area contributed by atoms with Crippen molar-refractivity contribution in [3.63, 3.8) is 0 Å². The monoisotopic (exact) mass is 252 g/mol. The summed E-state index contributed by atoms with van der Waals surface area (Å²) >= 11 is 0. The number of nitrogens with zero attached hydrogens (tertiary/aromatic N) is 1. The molecule has 0 spiro atoms. The molecule has 0 saturated heterocycles. The van der Waals surface area contributed by atoms with Gasteiger partial charge in [-0.05, 0) is 42.8 Å². The minimum absolute atomic E-state index is 0.287. The summed E-state index contributed by atoms with van der Waals surface area (Å²) in [4.78, 5) is 25.7. The first-order valence-electron chi connectivity index (χ1n) is 5.93. The van der Waals surface area contributed by atoms with E-state index in [2.05, 4.69) is 0 Å². The lowest BCUT2D eigenvalue weighted by molar-refractivity contribution is 0.0926. The molecule has 94 valence electrons. The molecule has 0 aliphatic carbocycles. The number of imide groups is 1. The molecule has 4 nitrogen and oxygen atoms in total. The van der Waals surface area contributed by atoms with Crippen LogP contribution in [0.3, 0.4) is 0 Å². The average Bonchev–Trinajstić information content (AvgIpc) is 2.66. The molecule has 0 bridgehead atoms. The quantitative estimate of drug-likeness (QED) is 0.626. The van der Waals surface area contributed by atoms with Gasteiger partial charge in [0, 0.05) is 5.69 Å². The molecule has 0 saturated carbocycles. The lowest BCUT2D eigenvalue weighted by Crippen LogP contribution is -2.29. The normalized spacial score (nSPS) is 13.8. The van der Waals surface area contributed by atoms with Crippen molar-refractivity contribution >= 4 is 23.2 Å². The fraction of sp³-hybridized carbons (Fsp3) is 0.0667. The summed E-state index contributed by atoms with van der Waals surface area (Å²) in [7, 11) is 0. The molecule has 0 unspecified atom stereocenters. The molecule has 1 heterocycles. The zero-order valence-electron chi connectivity index (χ0n) is 10.4. The first-order chi connectivity index (χ1) is 9.09. The minimum Gasteiger partial charge on any atom is -0.399 e. The van der Waals surface area contributed by atoms with Gasteiger partial charge in [0.1, 0.15) is 0 Å². The maximum absolute atomic E-state index is 12.3. The summed E-state index contributed by atoms with van der Waals surface area (Å²) in [6, 6.07) is 12.0. The molecule has 1 aliphatic heterocycles. The Balaban J connectivity index is 2.11. The van der Waals surface area contributed by atoms with Crippen LogP contribution in [0.5, 0.6) is 0 Å². The number of hydrogen-bond acceptors (Lipinski definition) is 3. The van der Waals surface area contributed by atoms with Crippen LogP contribution in [0.2, 0.25) is 0 Å². The van der Waals surface area contributed by atoms with E-state index < -0.39 is 0 Å². The van der Waals surface area contributed by atoms with Gasteiger partial charge in [0.15, 0.2) is 0 Å². The Labute approximate surface area is 110 Å². The molecule has 19 heavy (non-hydrogen) atoms. The summed E-state index contributed by atoms with van der Waals surface area (Å²) in [5.41, 5.74) is 8.68. The van der Waals surface area contributed by atoms with Crippen LogP contribution in [-0.4, -0.2) is 11.8 Å². The Morgan fingerprint density at radius 2 is 1.53 bits per heavy atom. The Morgan fingerprint density at radius 3 is 2.05 bits per heavy atom. The summed E-state index contributed by atoms with van der Waals surface area (Å²) < 4.78 is 0. The largest absolute Gasteiger partial charge is 0.399 e. The fourth-order valence-corrected chi connectivity index (χ4v) is 2.22.